The highest BCUT2D eigenvalue weighted by Crippen LogP contribution is 2.19. The molecule has 0 aromatic heterocycles. The first-order chi connectivity index (χ1) is 19.5. The van der Waals surface area contributed by atoms with E-state index in [1.54, 1.807) is 0 Å². The lowest BCUT2D eigenvalue weighted by molar-refractivity contribution is -0.158. The smallest absolute Gasteiger partial charge is 0.329 e. The maximum atomic E-state index is 13.6. The average molecular weight is 582 g/mol. The van der Waals surface area contributed by atoms with Gasteiger partial charge >= 0.3 is 5.97 Å². The summed E-state index contributed by atoms with van der Waals surface area (Å²) in [6, 6.07) is 16.5. The lowest BCUT2D eigenvalue weighted by Gasteiger charge is -2.29. The summed E-state index contributed by atoms with van der Waals surface area (Å²) in [7, 11) is 0. The third kappa shape index (κ3) is 12.1. The van der Waals surface area contributed by atoms with Crippen molar-refractivity contribution in [3.05, 3.63) is 65.7 Å². The zero-order chi connectivity index (χ0) is 29.8. The Kier molecular flexibility index (Phi) is 12.4. The van der Waals surface area contributed by atoms with Gasteiger partial charge in [0.25, 0.3) is 0 Å². The molecule has 41 heavy (non-hydrogen) atoms. The molecular formula is C33H47N3O4S. The monoisotopic (exact) mass is 581 g/mol. The van der Waals surface area contributed by atoms with Gasteiger partial charge in [-0.2, -0.15) is 0 Å². The number of thiocarbonyl (C=S) groups is 1. The fraction of sp³-hybridized carbons (Fsp3) is 0.545. The molecule has 2 aromatic carbocycles. The van der Waals surface area contributed by atoms with E-state index < -0.39 is 23.7 Å². The highest BCUT2D eigenvalue weighted by molar-refractivity contribution is 7.80. The van der Waals surface area contributed by atoms with E-state index in [0.717, 1.165) is 29.7 Å². The van der Waals surface area contributed by atoms with Gasteiger partial charge in [-0.05, 0) is 81.4 Å². The number of ether oxygens (including phenoxy) is 2. The molecule has 1 saturated carbocycles. The first-order valence-electron chi connectivity index (χ1n) is 14.8. The normalized spacial score (nSPS) is 15.5. The molecule has 1 aliphatic rings. The molecule has 8 heteroatoms. The van der Waals surface area contributed by atoms with Crippen molar-refractivity contribution >= 4 is 29.2 Å². The number of benzene rings is 2. The zero-order valence-corrected chi connectivity index (χ0v) is 26.0. The lowest BCUT2D eigenvalue weighted by Crippen LogP contribution is -2.56. The van der Waals surface area contributed by atoms with Gasteiger partial charge in [0.05, 0.1) is 0 Å². The Morgan fingerprint density at radius 2 is 1.56 bits per heavy atom. The summed E-state index contributed by atoms with van der Waals surface area (Å²) in [6.07, 6.45) is 6.67. The molecule has 224 valence electrons. The van der Waals surface area contributed by atoms with E-state index in [-0.39, 0.29) is 11.8 Å². The molecule has 0 aliphatic heterocycles. The van der Waals surface area contributed by atoms with Crippen LogP contribution in [0.25, 0.3) is 0 Å². The molecule has 0 heterocycles. The SMILES string of the molecule is CC(C)C[C@H](NC(=S)NC1CCCCC1)C(=O)N[C@@H](Cc1ccc(OCc2ccccc2)cc1)C(=O)OC(C)(C)C. The van der Waals surface area contributed by atoms with E-state index in [4.69, 9.17) is 21.7 Å². The van der Waals surface area contributed by atoms with Crippen LogP contribution in [0, 0.1) is 5.92 Å². The number of carbonyl (C=O) groups excluding carboxylic acids is 2. The van der Waals surface area contributed by atoms with Crippen LogP contribution < -0.4 is 20.7 Å². The van der Waals surface area contributed by atoms with Crippen LogP contribution in [0.5, 0.6) is 5.75 Å². The van der Waals surface area contributed by atoms with Gasteiger partial charge in [0.15, 0.2) is 5.11 Å². The fourth-order valence-corrected chi connectivity index (χ4v) is 5.18. The van der Waals surface area contributed by atoms with Crippen molar-refractivity contribution in [3.8, 4) is 5.75 Å². The second-order valence-electron chi connectivity index (χ2n) is 12.4. The predicted octanol–water partition coefficient (Wildman–Crippen LogP) is 5.85. The first kappa shape index (κ1) is 32.4. The molecule has 0 spiro atoms. The van der Waals surface area contributed by atoms with Gasteiger partial charge in [0, 0.05) is 12.5 Å². The number of nitrogens with one attached hydrogen (secondary N) is 3. The molecule has 1 amide bonds. The molecule has 0 bridgehead atoms. The van der Waals surface area contributed by atoms with Crippen LogP contribution in [0.2, 0.25) is 0 Å². The maximum Gasteiger partial charge on any atom is 0.329 e. The lowest BCUT2D eigenvalue weighted by atomic mass is 9.96. The van der Waals surface area contributed by atoms with Gasteiger partial charge in [-0.15, -0.1) is 0 Å². The van der Waals surface area contributed by atoms with Crippen LogP contribution in [0.4, 0.5) is 0 Å². The van der Waals surface area contributed by atoms with Crippen molar-refractivity contribution in [2.45, 2.75) is 110 Å². The number of esters is 1. The van der Waals surface area contributed by atoms with Gasteiger partial charge < -0.3 is 25.4 Å². The zero-order valence-electron chi connectivity index (χ0n) is 25.2. The summed E-state index contributed by atoms with van der Waals surface area (Å²) in [4.78, 5) is 26.8. The predicted molar refractivity (Wildman–Crippen MR) is 168 cm³/mol. The summed E-state index contributed by atoms with van der Waals surface area (Å²) in [5.74, 6) is 0.237. The third-order valence-electron chi connectivity index (χ3n) is 6.89. The van der Waals surface area contributed by atoms with Crippen molar-refractivity contribution in [1.29, 1.82) is 0 Å². The van der Waals surface area contributed by atoms with E-state index in [0.29, 0.717) is 30.6 Å². The molecule has 2 aromatic rings. The highest BCUT2D eigenvalue weighted by atomic mass is 32.1. The quantitative estimate of drug-likeness (QED) is 0.214. The van der Waals surface area contributed by atoms with Crippen LogP contribution in [-0.4, -0.2) is 40.7 Å². The minimum atomic E-state index is -0.853. The van der Waals surface area contributed by atoms with Crippen molar-refractivity contribution < 1.29 is 19.1 Å². The van der Waals surface area contributed by atoms with Gasteiger partial charge in [-0.25, -0.2) is 4.79 Å². The Hall–Kier alpha value is -3.13. The Morgan fingerprint density at radius 1 is 0.902 bits per heavy atom. The number of carbonyl (C=O) groups is 2. The Labute approximate surface area is 251 Å². The summed E-state index contributed by atoms with van der Waals surface area (Å²) < 4.78 is 11.6. The molecule has 0 saturated heterocycles. The summed E-state index contributed by atoms with van der Waals surface area (Å²) >= 11 is 5.58. The number of rotatable bonds is 12. The van der Waals surface area contributed by atoms with Gasteiger partial charge in [-0.1, -0.05) is 75.6 Å². The Bertz CT molecular complexity index is 1110. The molecule has 7 nitrogen and oxygen atoms in total. The molecule has 2 atom stereocenters. The van der Waals surface area contributed by atoms with Crippen LogP contribution in [0.1, 0.15) is 84.3 Å². The van der Waals surface area contributed by atoms with Crippen LogP contribution in [0.15, 0.2) is 54.6 Å². The topological polar surface area (TPSA) is 88.7 Å². The first-order valence-corrected chi connectivity index (χ1v) is 15.3. The second-order valence-corrected chi connectivity index (χ2v) is 12.8. The molecule has 3 rings (SSSR count). The van der Waals surface area contributed by atoms with E-state index in [9.17, 15) is 9.59 Å². The van der Waals surface area contributed by atoms with Crippen LogP contribution in [0.3, 0.4) is 0 Å². The van der Waals surface area contributed by atoms with E-state index in [1.165, 1.54) is 19.3 Å². The number of amides is 1. The minimum Gasteiger partial charge on any atom is -0.489 e. The second kappa shape index (κ2) is 15.8. The highest BCUT2D eigenvalue weighted by Gasteiger charge is 2.30. The molecule has 3 N–H and O–H groups in total. The van der Waals surface area contributed by atoms with Crippen LogP contribution in [-0.2, 0) is 27.4 Å². The summed E-state index contributed by atoms with van der Waals surface area (Å²) in [6.45, 7) is 10.1. The minimum absolute atomic E-state index is 0.249. The van der Waals surface area contributed by atoms with Gasteiger partial charge in [0.1, 0.15) is 30.0 Å². The van der Waals surface area contributed by atoms with Gasteiger partial charge in [0.2, 0.25) is 5.91 Å². The Balaban J connectivity index is 1.67. The molecule has 0 radical (unpaired) electrons. The van der Waals surface area contributed by atoms with Gasteiger partial charge in [-0.3, -0.25) is 4.79 Å². The van der Waals surface area contributed by atoms with Crippen LogP contribution >= 0.6 is 12.2 Å². The summed E-state index contributed by atoms with van der Waals surface area (Å²) in [5, 5.41) is 10.1. The van der Waals surface area contributed by atoms with Crippen molar-refractivity contribution in [3.63, 3.8) is 0 Å². The standard InChI is InChI=1S/C33H47N3O4S/c1-23(2)20-28(36-32(41)34-26-14-10-7-11-15-26)30(37)35-29(31(38)40-33(3,4)5)21-24-16-18-27(19-17-24)39-22-25-12-8-6-9-13-25/h6,8-9,12-13,16-19,23,26,28-29H,7,10-11,14-15,20-22H2,1-5H3,(H,35,37)(H2,34,36,41)/t28-,29-/m0/s1. The van der Waals surface area contributed by atoms with Crippen molar-refractivity contribution in [2.24, 2.45) is 5.92 Å². The number of hydrogen-bond donors (Lipinski definition) is 3. The van der Waals surface area contributed by atoms with E-state index >= 15 is 0 Å². The van der Waals surface area contributed by atoms with E-state index in [1.807, 2.05) is 75.4 Å². The molecule has 1 aliphatic carbocycles. The third-order valence-corrected chi connectivity index (χ3v) is 7.12. The Morgan fingerprint density at radius 3 is 2.17 bits per heavy atom. The molecule has 1 fully saturated rings. The fourth-order valence-electron chi connectivity index (χ4n) is 4.87. The van der Waals surface area contributed by atoms with Crippen molar-refractivity contribution in [1.82, 2.24) is 16.0 Å². The number of hydrogen-bond acceptors (Lipinski definition) is 5. The van der Waals surface area contributed by atoms with E-state index in [2.05, 4.69) is 29.8 Å². The van der Waals surface area contributed by atoms with Crippen molar-refractivity contribution in [2.75, 3.05) is 0 Å². The largest absolute Gasteiger partial charge is 0.489 e. The maximum absolute atomic E-state index is 13.6. The molecule has 0 unspecified atom stereocenters. The molecular weight excluding hydrogens is 534 g/mol. The summed E-state index contributed by atoms with van der Waals surface area (Å²) in [5.41, 5.74) is 1.29. The average Bonchev–Trinajstić information content (AvgIpc) is 2.92.